The maximum atomic E-state index is 13.1. The highest BCUT2D eigenvalue weighted by atomic mass is 16.5. The molecule has 0 bridgehead atoms. The van der Waals surface area contributed by atoms with Crippen molar-refractivity contribution in [3.63, 3.8) is 0 Å². The maximum Gasteiger partial charge on any atom is 0.242 e. The van der Waals surface area contributed by atoms with Crippen LogP contribution in [-0.2, 0) is 16.1 Å². The first-order chi connectivity index (χ1) is 14.9. The number of nitrogens with zero attached hydrogens (tertiary/aromatic N) is 1. The Morgan fingerprint density at radius 1 is 1.03 bits per heavy atom. The minimum absolute atomic E-state index is 0.0583. The third kappa shape index (κ3) is 7.96. The number of amides is 2. The Labute approximate surface area is 185 Å². The molecule has 0 aliphatic heterocycles. The predicted molar refractivity (Wildman–Crippen MR) is 122 cm³/mol. The topological polar surface area (TPSA) is 67.9 Å². The first kappa shape index (κ1) is 24.3. The van der Waals surface area contributed by atoms with Gasteiger partial charge in [0.1, 0.15) is 17.5 Å². The number of ether oxygens (including phenoxy) is 2. The van der Waals surface area contributed by atoms with E-state index in [4.69, 9.17) is 9.47 Å². The molecule has 0 aliphatic rings. The Balaban J connectivity index is 2.03. The third-order valence-corrected chi connectivity index (χ3v) is 5.20. The van der Waals surface area contributed by atoms with Crippen LogP contribution in [0, 0.1) is 0 Å². The van der Waals surface area contributed by atoms with Gasteiger partial charge in [-0.15, -0.1) is 0 Å². The molecule has 0 spiro atoms. The minimum Gasteiger partial charge on any atom is -0.497 e. The molecule has 0 aromatic heterocycles. The fourth-order valence-corrected chi connectivity index (χ4v) is 3.09. The van der Waals surface area contributed by atoms with E-state index in [0.29, 0.717) is 26.0 Å². The van der Waals surface area contributed by atoms with Crippen LogP contribution in [0.15, 0.2) is 54.6 Å². The van der Waals surface area contributed by atoms with Gasteiger partial charge in [0, 0.05) is 19.0 Å². The average Bonchev–Trinajstić information content (AvgIpc) is 2.80. The number of para-hydroxylation sites is 1. The molecule has 0 unspecified atom stereocenters. The summed E-state index contributed by atoms with van der Waals surface area (Å²) in [5.74, 6) is 1.28. The number of hydrogen-bond donors (Lipinski definition) is 1. The van der Waals surface area contributed by atoms with Crippen molar-refractivity contribution in [2.45, 2.75) is 58.7 Å². The molecule has 0 radical (unpaired) electrons. The molecule has 2 aromatic carbocycles. The van der Waals surface area contributed by atoms with Crippen molar-refractivity contribution >= 4 is 11.8 Å². The van der Waals surface area contributed by atoms with Gasteiger partial charge < -0.3 is 19.7 Å². The van der Waals surface area contributed by atoms with E-state index in [1.54, 1.807) is 18.9 Å². The SMILES string of the molecule is CC[C@@H](C)NC(=O)[C@@H](C)N(Cc1cccc(OC)c1)C(=O)CCCOc1ccccc1. The largest absolute Gasteiger partial charge is 0.497 e. The lowest BCUT2D eigenvalue weighted by atomic mass is 10.1. The summed E-state index contributed by atoms with van der Waals surface area (Å²) in [5.41, 5.74) is 0.913. The molecule has 168 valence electrons. The van der Waals surface area contributed by atoms with Crippen molar-refractivity contribution in [1.82, 2.24) is 10.2 Å². The number of carbonyl (C=O) groups excluding carboxylic acids is 2. The van der Waals surface area contributed by atoms with Crippen molar-refractivity contribution in [3.05, 3.63) is 60.2 Å². The van der Waals surface area contributed by atoms with Gasteiger partial charge in [0.05, 0.1) is 13.7 Å². The average molecular weight is 427 g/mol. The first-order valence-electron chi connectivity index (χ1n) is 10.8. The van der Waals surface area contributed by atoms with Crippen LogP contribution < -0.4 is 14.8 Å². The smallest absolute Gasteiger partial charge is 0.242 e. The molecule has 0 saturated heterocycles. The molecule has 0 aliphatic carbocycles. The second kappa shape index (κ2) is 12.6. The van der Waals surface area contributed by atoms with Crippen LogP contribution in [0.1, 0.15) is 45.6 Å². The molecule has 6 heteroatoms. The Hall–Kier alpha value is -3.02. The molecule has 0 heterocycles. The predicted octanol–water partition coefficient (Wildman–Crippen LogP) is 4.19. The highest BCUT2D eigenvalue weighted by Gasteiger charge is 2.26. The normalized spacial score (nSPS) is 12.5. The molecule has 2 amide bonds. The summed E-state index contributed by atoms with van der Waals surface area (Å²) in [7, 11) is 1.61. The van der Waals surface area contributed by atoms with Crippen LogP contribution >= 0.6 is 0 Å². The zero-order valence-corrected chi connectivity index (χ0v) is 19.0. The number of benzene rings is 2. The van der Waals surface area contributed by atoms with Crippen LogP contribution in [0.2, 0.25) is 0 Å². The number of hydrogen-bond acceptors (Lipinski definition) is 4. The fourth-order valence-electron chi connectivity index (χ4n) is 3.09. The Bertz CT molecular complexity index is 825. The highest BCUT2D eigenvalue weighted by Crippen LogP contribution is 2.17. The molecule has 0 saturated carbocycles. The lowest BCUT2D eigenvalue weighted by Crippen LogP contribution is -2.49. The molecule has 2 aromatic rings. The number of carbonyl (C=O) groups is 2. The Morgan fingerprint density at radius 3 is 2.42 bits per heavy atom. The number of nitrogens with one attached hydrogen (secondary N) is 1. The van der Waals surface area contributed by atoms with Crippen molar-refractivity contribution in [3.8, 4) is 11.5 Å². The van der Waals surface area contributed by atoms with Gasteiger partial charge >= 0.3 is 0 Å². The van der Waals surface area contributed by atoms with E-state index in [2.05, 4.69) is 5.32 Å². The van der Waals surface area contributed by atoms with Crippen molar-refractivity contribution in [1.29, 1.82) is 0 Å². The lowest BCUT2D eigenvalue weighted by Gasteiger charge is -2.30. The second-order valence-corrected chi connectivity index (χ2v) is 7.63. The van der Waals surface area contributed by atoms with Crippen LogP contribution in [0.5, 0.6) is 11.5 Å². The summed E-state index contributed by atoms with van der Waals surface area (Å²) in [6, 6.07) is 16.6. The first-order valence-corrected chi connectivity index (χ1v) is 10.8. The molecule has 2 rings (SSSR count). The van der Waals surface area contributed by atoms with Gasteiger partial charge in [-0.3, -0.25) is 9.59 Å². The van der Waals surface area contributed by atoms with Gasteiger partial charge in [-0.2, -0.15) is 0 Å². The van der Waals surface area contributed by atoms with Crippen LogP contribution in [0.4, 0.5) is 0 Å². The summed E-state index contributed by atoms with van der Waals surface area (Å²) < 4.78 is 11.0. The van der Waals surface area contributed by atoms with E-state index in [9.17, 15) is 9.59 Å². The van der Waals surface area contributed by atoms with Gasteiger partial charge in [0.15, 0.2) is 0 Å². The Morgan fingerprint density at radius 2 is 1.74 bits per heavy atom. The van der Waals surface area contributed by atoms with E-state index < -0.39 is 6.04 Å². The maximum absolute atomic E-state index is 13.1. The van der Waals surface area contributed by atoms with Gasteiger partial charge in [0.2, 0.25) is 11.8 Å². The summed E-state index contributed by atoms with van der Waals surface area (Å²) in [4.78, 5) is 27.4. The van der Waals surface area contributed by atoms with Crippen molar-refractivity contribution in [2.24, 2.45) is 0 Å². The number of rotatable bonds is 12. The van der Waals surface area contributed by atoms with Crippen LogP contribution in [-0.4, -0.2) is 42.5 Å². The summed E-state index contributed by atoms with van der Waals surface area (Å²) in [6.07, 6.45) is 1.71. The van der Waals surface area contributed by atoms with Gasteiger partial charge in [0.25, 0.3) is 0 Å². The summed E-state index contributed by atoms with van der Waals surface area (Å²) in [6.45, 7) is 6.53. The van der Waals surface area contributed by atoms with E-state index in [-0.39, 0.29) is 17.9 Å². The van der Waals surface area contributed by atoms with E-state index >= 15 is 0 Å². The zero-order valence-electron chi connectivity index (χ0n) is 19.0. The van der Waals surface area contributed by atoms with E-state index in [1.165, 1.54) is 0 Å². The molecule has 31 heavy (non-hydrogen) atoms. The summed E-state index contributed by atoms with van der Waals surface area (Å²) in [5, 5.41) is 2.98. The minimum atomic E-state index is -0.581. The van der Waals surface area contributed by atoms with Crippen molar-refractivity contribution < 1.29 is 19.1 Å². The van der Waals surface area contributed by atoms with E-state index in [0.717, 1.165) is 23.5 Å². The van der Waals surface area contributed by atoms with Gasteiger partial charge in [-0.1, -0.05) is 37.3 Å². The molecular formula is C25H34N2O4. The lowest BCUT2D eigenvalue weighted by molar-refractivity contribution is -0.141. The molecule has 2 atom stereocenters. The van der Waals surface area contributed by atoms with Gasteiger partial charge in [-0.25, -0.2) is 0 Å². The number of methoxy groups -OCH3 is 1. The third-order valence-electron chi connectivity index (χ3n) is 5.20. The Kier molecular flexibility index (Phi) is 9.88. The van der Waals surface area contributed by atoms with Gasteiger partial charge in [-0.05, 0) is 56.5 Å². The molecule has 0 fully saturated rings. The van der Waals surface area contributed by atoms with Crippen LogP contribution in [0.3, 0.4) is 0 Å². The monoisotopic (exact) mass is 426 g/mol. The zero-order chi connectivity index (χ0) is 22.6. The molecular weight excluding hydrogens is 392 g/mol. The van der Waals surface area contributed by atoms with E-state index in [1.807, 2.05) is 68.4 Å². The van der Waals surface area contributed by atoms with Crippen LogP contribution in [0.25, 0.3) is 0 Å². The highest BCUT2D eigenvalue weighted by molar-refractivity contribution is 5.87. The molecule has 1 N–H and O–H groups in total. The molecule has 6 nitrogen and oxygen atoms in total. The fraction of sp³-hybridized carbons (Fsp3) is 0.440. The van der Waals surface area contributed by atoms with Crippen molar-refractivity contribution in [2.75, 3.05) is 13.7 Å². The second-order valence-electron chi connectivity index (χ2n) is 7.63. The standard InChI is InChI=1S/C25H34N2O4/c1-5-19(2)26-25(29)20(3)27(18-21-11-9-14-23(17-21)30-4)24(28)15-10-16-31-22-12-7-6-8-13-22/h6-9,11-14,17,19-20H,5,10,15-16,18H2,1-4H3,(H,26,29)/t19-,20-/m1/s1. The summed E-state index contributed by atoms with van der Waals surface area (Å²) >= 11 is 0. The quantitative estimate of drug-likeness (QED) is 0.517.